The Morgan fingerprint density at radius 3 is 2.76 bits per heavy atom. The van der Waals surface area contributed by atoms with Crippen LogP contribution >= 0.6 is 0 Å². The van der Waals surface area contributed by atoms with Gasteiger partial charge in [0.1, 0.15) is 0 Å². The van der Waals surface area contributed by atoms with Gasteiger partial charge in [-0.25, -0.2) is 0 Å². The van der Waals surface area contributed by atoms with Crippen LogP contribution in [0.25, 0.3) is 0 Å². The van der Waals surface area contributed by atoms with Gasteiger partial charge in [0.25, 0.3) is 0 Å². The van der Waals surface area contributed by atoms with Crippen molar-refractivity contribution in [3.8, 4) is 0 Å². The minimum Gasteiger partial charge on any atom is -0.335 e. The number of benzene rings is 1. The first-order chi connectivity index (χ1) is 10.0. The zero-order chi connectivity index (χ0) is 15.4. The van der Waals surface area contributed by atoms with Crippen molar-refractivity contribution < 1.29 is 9.59 Å². The topological polar surface area (TPSA) is 37.4 Å². The number of amides is 1. The van der Waals surface area contributed by atoms with Crippen LogP contribution in [-0.4, -0.2) is 29.7 Å². The molecule has 1 aromatic rings. The van der Waals surface area contributed by atoms with Gasteiger partial charge >= 0.3 is 0 Å². The number of ketones is 1. The molecule has 2 rings (SSSR count). The summed E-state index contributed by atoms with van der Waals surface area (Å²) in [7, 11) is 0. The predicted molar refractivity (Wildman–Crippen MR) is 84.5 cm³/mol. The van der Waals surface area contributed by atoms with Crippen LogP contribution < -0.4 is 0 Å². The van der Waals surface area contributed by atoms with E-state index in [9.17, 15) is 9.59 Å². The summed E-state index contributed by atoms with van der Waals surface area (Å²) in [4.78, 5) is 26.4. The summed E-state index contributed by atoms with van der Waals surface area (Å²) >= 11 is 0. The molecule has 1 fully saturated rings. The molecule has 1 saturated heterocycles. The van der Waals surface area contributed by atoms with Crippen LogP contribution in [0.3, 0.4) is 0 Å². The van der Waals surface area contributed by atoms with Crippen molar-refractivity contribution in [2.45, 2.75) is 46.5 Å². The molecule has 0 spiro atoms. The maximum absolute atomic E-state index is 12.5. The number of carbonyl (C=O) groups is 2. The number of likely N-dealkylation sites (tertiary alicyclic amines) is 1. The fourth-order valence-electron chi connectivity index (χ4n) is 2.96. The Hall–Kier alpha value is -1.64. The molecule has 0 saturated carbocycles. The van der Waals surface area contributed by atoms with Crippen molar-refractivity contribution in [2.75, 3.05) is 13.1 Å². The average molecular weight is 287 g/mol. The number of hydrogen-bond donors (Lipinski definition) is 0. The van der Waals surface area contributed by atoms with E-state index in [2.05, 4.69) is 6.92 Å². The number of aryl methyl sites for hydroxylation is 2. The Labute approximate surface area is 127 Å². The Morgan fingerprint density at radius 1 is 1.29 bits per heavy atom. The summed E-state index contributed by atoms with van der Waals surface area (Å²) in [5, 5.41) is 0. The molecule has 0 aliphatic carbocycles. The van der Waals surface area contributed by atoms with Crippen LogP contribution in [0, 0.1) is 19.8 Å². The highest BCUT2D eigenvalue weighted by Crippen LogP contribution is 2.21. The monoisotopic (exact) mass is 287 g/mol. The molecule has 3 heteroatoms. The summed E-state index contributed by atoms with van der Waals surface area (Å²) in [5.41, 5.74) is 2.82. The number of carbonyl (C=O) groups excluding carboxylic acids is 2. The Balaban J connectivity index is 2.08. The third-order valence-corrected chi connectivity index (χ3v) is 4.53. The number of rotatable bonds is 4. The van der Waals surface area contributed by atoms with E-state index in [1.54, 1.807) is 4.90 Å². The highest BCUT2D eigenvalue weighted by atomic mass is 16.2. The molecular weight excluding hydrogens is 262 g/mol. The van der Waals surface area contributed by atoms with Crippen molar-refractivity contribution >= 4 is 11.7 Å². The lowest BCUT2D eigenvalue weighted by molar-refractivity contribution is -0.130. The van der Waals surface area contributed by atoms with E-state index in [1.807, 2.05) is 32.0 Å². The lowest BCUT2D eigenvalue weighted by Crippen LogP contribution is -2.35. The van der Waals surface area contributed by atoms with Crippen molar-refractivity contribution in [2.24, 2.45) is 5.92 Å². The molecule has 1 atom stereocenters. The normalized spacial score (nSPS) is 19.5. The first kappa shape index (κ1) is 15.7. The Morgan fingerprint density at radius 2 is 2.05 bits per heavy atom. The molecule has 1 aliphatic rings. The second-order valence-corrected chi connectivity index (χ2v) is 6.16. The van der Waals surface area contributed by atoms with Gasteiger partial charge in [0.2, 0.25) is 5.91 Å². The van der Waals surface area contributed by atoms with Crippen molar-refractivity contribution in [1.82, 2.24) is 4.90 Å². The SMILES string of the molecule is CCC1CCC(=O)N(CC(=O)c2cc(C)ccc2C)CC1. The largest absolute Gasteiger partial charge is 0.335 e. The van der Waals surface area contributed by atoms with E-state index in [0.717, 1.165) is 36.0 Å². The molecular formula is C18H25NO2. The molecule has 1 aliphatic heterocycles. The van der Waals surface area contributed by atoms with Crippen LogP contribution in [0.2, 0.25) is 0 Å². The fourth-order valence-corrected chi connectivity index (χ4v) is 2.96. The molecule has 0 bridgehead atoms. The van der Waals surface area contributed by atoms with Gasteiger partial charge in [-0.3, -0.25) is 9.59 Å². The summed E-state index contributed by atoms with van der Waals surface area (Å²) in [6.45, 7) is 7.04. The van der Waals surface area contributed by atoms with Crippen LogP contribution in [0.15, 0.2) is 18.2 Å². The minimum absolute atomic E-state index is 0.0551. The minimum atomic E-state index is 0.0551. The summed E-state index contributed by atoms with van der Waals surface area (Å²) in [6, 6.07) is 5.91. The second kappa shape index (κ2) is 6.88. The van der Waals surface area contributed by atoms with E-state index in [4.69, 9.17) is 0 Å². The Kier molecular flexibility index (Phi) is 5.16. The maximum Gasteiger partial charge on any atom is 0.222 e. The highest BCUT2D eigenvalue weighted by molar-refractivity contribution is 6.00. The Bertz CT molecular complexity index is 536. The number of Topliss-reactive ketones (excluding diaryl/α,β-unsaturated/α-hetero) is 1. The predicted octanol–water partition coefficient (Wildman–Crippen LogP) is 3.52. The van der Waals surface area contributed by atoms with Gasteiger partial charge < -0.3 is 4.90 Å². The van der Waals surface area contributed by atoms with Crippen molar-refractivity contribution in [3.63, 3.8) is 0 Å². The third-order valence-electron chi connectivity index (χ3n) is 4.53. The molecule has 3 nitrogen and oxygen atoms in total. The van der Waals surface area contributed by atoms with Crippen LogP contribution in [0.4, 0.5) is 0 Å². The van der Waals surface area contributed by atoms with Crippen LogP contribution in [-0.2, 0) is 4.79 Å². The van der Waals surface area contributed by atoms with Gasteiger partial charge in [0.15, 0.2) is 5.78 Å². The molecule has 21 heavy (non-hydrogen) atoms. The molecule has 1 aromatic carbocycles. The fraction of sp³-hybridized carbons (Fsp3) is 0.556. The molecule has 1 heterocycles. The first-order valence-electron chi connectivity index (χ1n) is 7.89. The first-order valence-corrected chi connectivity index (χ1v) is 7.89. The molecule has 1 amide bonds. The standard InChI is InChI=1S/C18H25NO2/c1-4-15-7-8-18(21)19(10-9-15)12-17(20)16-11-13(2)5-6-14(16)3/h5-6,11,15H,4,7-10,12H2,1-3H3. The average Bonchev–Trinajstić information content (AvgIpc) is 2.64. The zero-order valence-corrected chi connectivity index (χ0v) is 13.3. The van der Waals surface area contributed by atoms with Crippen molar-refractivity contribution in [1.29, 1.82) is 0 Å². The van der Waals surface area contributed by atoms with E-state index in [-0.39, 0.29) is 18.2 Å². The highest BCUT2D eigenvalue weighted by Gasteiger charge is 2.24. The van der Waals surface area contributed by atoms with Crippen molar-refractivity contribution in [3.05, 3.63) is 34.9 Å². The summed E-state index contributed by atoms with van der Waals surface area (Å²) in [5.74, 6) is 0.805. The molecule has 0 radical (unpaired) electrons. The van der Waals surface area contributed by atoms with Gasteiger partial charge in [-0.05, 0) is 44.2 Å². The second-order valence-electron chi connectivity index (χ2n) is 6.16. The maximum atomic E-state index is 12.5. The zero-order valence-electron chi connectivity index (χ0n) is 13.3. The van der Waals surface area contributed by atoms with E-state index in [0.29, 0.717) is 18.9 Å². The van der Waals surface area contributed by atoms with Gasteiger partial charge in [0.05, 0.1) is 6.54 Å². The molecule has 0 aromatic heterocycles. The van der Waals surface area contributed by atoms with Gasteiger partial charge in [-0.15, -0.1) is 0 Å². The number of hydrogen-bond acceptors (Lipinski definition) is 2. The molecule has 114 valence electrons. The smallest absolute Gasteiger partial charge is 0.222 e. The summed E-state index contributed by atoms with van der Waals surface area (Å²) in [6.07, 6.45) is 3.68. The van der Waals surface area contributed by atoms with Crippen LogP contribution in [0.5, 0.6) is 0 Å². The van der Waals surface area contributed by atoms with E-state index in [1.165, 1.54) is 0 Å². The van der Waals surface area contributed by atoms with Gasteiger partial charge in [-0.1, -0.05) is 31.0 Å². The van der Waals surface area contributed by atoms with Gasteiger partial charge in [0, 0.05) is 18.5 Å². The summed E-state index contributed by atoms with van der Waals surface area (Å²) < 4.78 is 0. The lowest BCUT2D eigenvalue weighted by atomic mass is 9.98. The third kappa shape index (κ3) is 3.93. The van der Waals surface area contributed by atoms with E-state index < -0.39 is 0 Å². The number of nitrogens with zero attached hydrogens (tertiary/aromatic N) is 1. The molecule has 0 N–H and O–H groups in total. The molecule has 1 unspecified atom stereocenters. The van der Waals surface area contributed by atoms with E-state index >= 15 is 0 Å². The van der Waals surface area contributed by atoms with Crippen LogP contribution in [0.1, 0.15) is 54.1 Å². The lowest BCUT2D eigenvalue weighted by Gasteiger charge is -2.20. The quantitative estimate of drug-likeness (QED) is 0.795. The van der Waals surface area contributed by atoms with Gasteiger partial charge in [-0.2, -0.15) is 0 Å².